The highest BCUT2D eigenvalue weighted by molar-refractivity contribution is 6.05. The van der Waals surface area contributed by atoms with Gasteiger partial charge in [0.1, 0.15) is 0 Å². The number of unbranched alkanes of at least 4 members (excludes halogenated alkanes) is 1. The van der Waals surface area contributed by atoms with E-state index in [4.69, 9.17) is 4.74 Å². The van der Waals surface area contributed by atoms with Crippen LogP contribution in [0.4, 0.5) is 10.5 Å². The fraction of sp³-hybridized carbons (Fsp3) is 0.429. The highest BCUT2D eigenvalue weighted by atomic mass is 16.6. The number of hydrogen-bond acceptors (Lipinski definition) is 3. The number of nitrogens with zero attached hydrogens (tertiary/aromatic N) is 2. The van der Waals surface area contributed by atoms with E-state index >= 15 is 0 Å². The third-order valence-electron chi connectivity index (χ3n) is 6.35. The summed E-state index contributed by atoms with van der Waals surface area (Å²) in [6.07, 6.45) is 5.27. The molecule has 2 amide bonds. The van der Waals surface area contributed by atoms with Crippen LogP contribution >= 0.6 is 0 Å². The van der Waals surface area contributed by atoms with Crippen LogP contribution < -0.4 is 10.1 Å². The van der Waals surface area contributed by atoms with Crippen LogP contribution in [0.5, 0.6) is 5.75 Å². The van der Waals surface area contributed by atoms with Crippen molar-refractivity contribution < 1.29 is 14.3 Å². The van der Waals surface area contributed by atoms with Gasteiger partial charge in [0, 0.05) is 37.1 Å². The van der Waals surface area contributed by atoms with Crippen LogP contribution in [-0.2, 0) is 11.3 Å². The van der Waals surface area contributed by atoms with Crippen molar-refractivity contribution in [3.8, 4) is 5.75 Å². The van der Waals surface area contributed by atoms with Gasteiger partial charge in [-0.25, -0.2) is 4.79 Å². The van der Waals surface area contributed by atoms with E-state index in [0.29, 0.717) is 31.1 Å². The minimum absolute atomic E-state index is 0.0283. The van der Waals surface area contributed by atoms with Crippen LogP contribution in [-0.4, -0.2) is 34.6 Å². The van der Waals surface area contributed by atoms with E-state index < -0.39 is 6.09 Å². The molecule has 0 aliphatic carbocycles. The molecule has 6 nitrogen and oxygen atoms in total. The molecule has 0 aliphatic heterocycles. The Morgan fingerprint density at radius 3 is 2.38 bits per heavy atom. The van der Waals surface area contributed by atoms with Crippen molar-refractivity contribution in [3.63, 3.8) is 0 Å². The zero-order valence-electron chi connectivity index (χ0n) is 20.8. The fourth-order valence-electron chi connectivity index (χ4n) is 4.22. The SMILES string of the molecule is CCCC[C@@H](CC)C(=O)Nc1c(OC(=O)N(CC)CC)ccc2c1ccn2Cc1ccccc1. The van der Waals surface area contributed by atoms with Gasteiger partial charge in [0.25, 0.3) is 0 Å². The standard InChI is InChI=1S/C28H37N3O3/c1-5-9-15-22(6-2)27(32)29-26-23-18-19-31(20-21-13-11-10-12-14-21)24(23)16-17-25(26)34-28(33)30(7-3)8-4/h10-14,16-19,22H,5-9,15,20H2,1-4H3,(H,29,32)/t22-/m1/s1. The summed E-state index contributed by atoms with van der Waals surface area (Å²) in [5.41, 5.74) is 2.72. The molecular weight excluding hydrogens is 426 g/mol. The highest BCUT2D eigenvalue weighted by Gasteiger charge is 2.22. The van der Waals surface area contributed by atoms with Crippen molar-refractivity contribution in [3.05, 3.63) is 60.3 Å². The topological polar surface area (TPSA) is 63.6 Å². The minimum atomic E-state index is -0.415. The number of amides is 2. The van der Waals surface area contributed by atoms with E-state index in [0.717, 1.165) is 36.6 Å². The lowest BCUT2D eigenvalue weighted by atomic mass is 9.98. The maximum absolute atomic E-state index is 13.2. The second kappa shape index (κ2) is 12.3. The zero-order valence-corrected chi connectivity index (χ0v) is 20.8. The summed E-state index contributed by atoms with van der Waals surface area (Å²) in [5.74, 6) is 0.271. The number of hydrogen-bond donors (Lipinski definition) is 1. The van der Waals surface area contributed by atoms with E-state index in [1.165, 1.54) is 5.56 Å². The number of ether oxygens (including phenoxy) is 1. The Kier molecular flexibility index (Phi) is 9.14. The summed E-state index contributed by atoms with van der Waals surface area (Å²) in [4.78, 5) is 27.5. The van der Waals surface area contributed by atoms with E-state index in [-0.39, 0.29) is 11.8 Å². The minimum Gasteiger partial charge on any atom is -0.408 e. The average molecular weight is 464 g/mol. The molecule has 2 aromatic carbocycles. The molecule has 34 heavy (non-hydrogen) atoms. The van der Waals surface area contributed by atoms with Gasteiger partial charge in [0.05, 0.1) is 11.2 Å². The monoisotopic (exact) mass is 463 g/mol. The molecule has 0 unspecified atom stereocenters. The molecule has 1 heterocycles. The van der Waals surface area contributed by atoms with Crippen LogP contribution in [0.1, 0.15) is 58.9 Å². The van der Waals surface area contributed by atoms with Gasteiger partial charge in [0.2, 0.25) is 5.91 Å². The fourth-order valence-corrected chi connectivity index (χ4v) is 4.22. The summed E-state index contributed by atoms with van der Waals surface area (Å²) in [6.45, 7) is 9.83. The first-order valence-corrected chi connectivity index (χ1v) is 12.5. The lowest BCUT2D eigenvalue weighted by Crippen LogP contribution is -2.33. The van der Waals surface area contributed by atoms with Crippen molar-refractivity contribution in [2.45, 2.75) is 59.9 Å². The quantitative estimate of drug-likeness (QED) is 0.345. The molecule has 0 saturated carbocycles. The van der Waals surface area contributed by atoms with Crippen LogP contribution in [0.2, 0.25) is 0 Å². The Morgan fingerprint density at radius 2 is 1.74 bits per heavy atom. The first-order valence-electron chi connectivity index (χ1n) is 12.5. The zero-order chi connectivity index (χ0) is 24.5. The molecule has 1 N–H and O–H groups in total. The third-order valence-corrected chi connectivity index (χ3v) is 6.35. The van der Waals surface area contributed by atoms with Gasteiger partial charge >= 0.3 is 6.09 Å². The summed E-state index contributed by atoms with van der Waals surface area (Å²) in [6, 6.07) is 16.0. The maximum Gasteiger partial charge on any atom is 0.415 e. The van der Waals surface area contributed by atoms with Gasteiger partial charge < -0.3 is 19.5 Å². The summed E-state index contributed by atoms with van der Waals surface area (Å²) in [5, 5.41) is 3.98. The maximum atomic E-state index is 13.2. The first-order chi connectivity index (χ1) is 16.5. The number of nitrogens with one attached hydrogen (secondary N) is 1. The van der Waals surface area contributed by atoms with E-state index in [1.807, 2.05) is 57.3 Å². The predicted octanol–water partition coefficient (Wildman–Crippen LogP) is 6.69. The van der Waals surface area contributed by atoms with Gasteiger partial charge in [-0.05, 0) is 50.5 Å². The number of carbonyl (C=O) groups excluding carboxylic acids is 2. The van der Waals surface area contributed by atoms with Gasteiger partial charge in [-0.2, -0.15) is 0 Å². The molecule has 0 saturated heterocycles. The lowest BCUT2D eigenvalue weighted by Gasteiger charge is -2.21. The molecule has 182 valence electrons. The number of aromatic nitrogens is 1. The molecule has 1 atom stereocenters. The average Bonchev–Trinajstić information content (AvgIpc) is 3.25. The molecule has 3 aromatic rings. The number of rotatable bonds is 11. The molecule has 0 fully saturated rings. The summed E-state index contributed by atoms with van der Waals surface area (Å²) < 4.78 is 7.93. The Bertz CT molecular complexity index is 1090. The second-order valence-electron chi connectivity index (χ2n) is 8.58. The number of fused-ring (bicyclic) bond motifs is 1. The van der Waals surface area contributed by atoms with Crippen molar-refractivity contribution in [1.82, 2.24) is 9.47 Å². The molecule has 0 aliphatic rings. The van der Waals surface area contributed by atoms with Crippen molar-refractivity contribution >= 4 is 28.6 Å². The lowest BCUT2D eigenvalue weighted by molar-refractivity contribution is -0.120. The molecular formula is C28H37N3O3. The largest absolute Gasteiger partial charge is 0.415 e. The molecule has 1 aromatic heterocycles. The van der Waals surface area contributed by atoms with E-state index in [1.54, 1.807) is 11.0 Å². The molecule has 0 spiro atoms. The van der Waals surface area contributed by atoms with E-state index in [2.05, 4.69) is 28.9 Å². The van der Waals surface area contributed by atoms with Crippen molar-refractivity contribution in [2.24, 2.45) is 5.92 Å². The van der Waals surface area contributed by atoms with Gasteiger partial charge in [0.15, 0.2) is 5.75 Å². The van der Waals surface area contributed by atoms with Crippen molar-refractivity contribution in [2.75, 3.05) is 18.4 Å². The third kappa shape index (κ3) is 5.99. The molecule has 0 radical (unpaired) electrons. The van der Waals surface area contributed by atoms with Crippen molar-refractivity contribution in [1.29, 1.82) is 0 Å². The smallest absolute Gasteiger partial charge is 0.408 e. The van der Waals surface area contributed by atoms with Gasteiger partial charge in [-0.3, -0.25) is 4.79 Å². The number of benzene rings is 2. The Morgan fingerprint density at radius 1 is 1.00 bits per heavy atom. The van der Waals surface area contributed by atoms with Gasteiger partial charge in [-0.1, -0.05) is 57.0 Å². The summed E-state index contributed by atoms with van der Waals surface area (Å²) in [7, 11) is 0. The van der Waals surface area contributed by atoms with Crippen LogP contribution in [0, 0.1) is 5.92 Å². The molecule has 6 heteroatoms. The highest BCUT2D eigenvalue weighted by Crippen LogP contribution is 2.35. The van der Waals surface area contributed by atoms with Gasteiger partial charge in [-0.15, -0.1) is 0 Å². The number of carbonyl (C=O) groups is 2. The Balaban J connectivity index is 1.99. The normalized spacial score (nSPS) is 11.9. The second-order valence-corrected chi connectivity index (χ2v) is 8.58. The van der Waals surface area contributed by atoms with Crippen LogP contribution in [0.3, 0.4) is 0 Å². The number of anilines is 1. The molecule has 0 bridgehead atoms. The predicted molar refractivity (Wildman–Crippen MR) is 138 cm³/mol. The first kappa shape index (κ1) is 25.3. The Labute approximate surface area is 202 Å². The van der Waals surface area contributed by atoms with Crippen LogP contribution in [0.25, 0.3) is 10.9 Å². The van der Waals surface area contributed by atoms with E-state index in [9.17, 15) is 9.59 Å². The summed E-state index contributed by atoms with van der Waals surface area (Å²) >= 11 is 0. The van der Waals surface area contributed by atoms with Crippen LogP contribution in [0.15, 0.2) is 54.7 Å². The molecule has 3 rings (SSSR count). The Hall–Kier alpha value is -3.28.